The number of hydrogen-bond donors (Lipinski definition) is 2. The molecule has 0 aliphatic rings. The zero-order chi connectivity index (χ0) is 13.8. The smallest absolute Gasteiger partial charge is 0.119 e. The van der Waals surface area contributed by atoms with Crippen LogP contribution in [0.1, 0.15) is 32.8 Å². The topological polar surface area (TPSA) is 55.5 Å². The first-order chi connectivity index (χ1) is 8.45. The Balaban J connectivity index is 3.17. The van der Waals surface area contributed by atoms with Crippen LogP contribution in [0, 0.1) is 11.8 Å². The molecule has 1 rings (SSSR count). The molecule has 0 aliphatic carbocycles. The van der Waals surface area contributed by atoms with Gasteiger partial charge in [0.05, 0.1) is 12.7 Å². The van der Waals surface area contributed by atoms with Gasteiger partial charge < -0.3 is 15.6 Å². The van der Waals surface area contributed by atoms with Crippen LogP contribution in [-0.4, -0.2) is 18.8 Å². The van der Waals surface area contributed by atoms with Gasteiger partial charge in [0.15, 0.2) is 0 Å². The lowest BCUT2D eigenvalue weighted by molar-refractivity contribution is -0.0406. The molecule has 1 aromatic rings. The maximum absolute atomic E-state index is 11.0. The lowest BCUT2D eigenvalue weighted by Gasteiger charge is -2.37. The maximum Gasteiger partial charge on any atom is 0.119 e. The van der Waals surface area contributed by atoms with Crippen molar-refractivity contribution in [1.29, 1.82) is 0 Å². The highest BCUT2D eigenvalue weighted by atomic mass is 16.5. The van der Waals surface area contributed by atoms with Crippen molar-refractivity contribution < 1.29 is 9.84 Å². The lowest BCUT2D eigenvalue weighted by atomic mass is 9.74. The van der Waals surface area contributed by atoms with Gasteiger partial charge in [-0.3, -0.25) is 0 Å². The third-order valence-corrected chi connectivity index (χ3v) is 3.85. The number of benzene rings is 1. The predicted octanol–water partition coefficient (Wildman–Crippen LogP) is 2.52. The van der Waals surface area contributed by atoms with Crippen molar-refractivity contribution in [3.63, 3.8) is 0 Å². The second kappa shape index (κ2) is 6.21. The second-order valence-electron chi connectivity index (χ2n) is 5.23. The molecule has 0 fully saturated rings. The summed E-state index contributed by atoms with van der Waals surface area (Å²) in [6, 6.07) is 7.63. The SMILES string of the molecule is COc1cccc([C@@](O)(CCN)[C@H](C)C(C)C)c1. The van der Waals surface area contributed by atoms with Gasteiger partial charge in [0.25, 0.3) is 0 Å². The molecular weight excluding hydrogens is 226 g/mol. The van der Waals surface area contributed by atoms with E-state index in [9.17, 15) is 5.11 Å². The Morgan fingerprint density at radius 3 is 2.50 bits per heavy atom. The Labute approximate surface area is 110 Å². The van der Waals surface area contributed by atoms with Crippen LogP contribution in [0.15, 0.2) is 24.3 Å². The molecule has 0 saturated heterocycles. The van der Waals surface area contributed by atoms with Gasteiger partial charge in [0.1, 0.15) is 5.75 Å². The van der Waals surface area contributed by atoms with Crippen molar-refractivity contribution in [3.8, 4) is 5.75 Å². The first-order valence-electron chi connectivity index (χ1n) is 6.52. The number of nitrogens with two attached hydrogens (primary N) is 1. The van der Waals surface area contributed by atoms with Crippen molar-refractivity contribution in [2.45, 2.75) is 32.8 Å². The summed E-state index contributed by atoms with van der Waals surface area (Å²) in [6.45, 7) is 6.77. The van der Waals surface area contributed by atoms with Crippen molar-refractivity contribution >= 4 is 0 Å². The minimum absolute atomic E-state index is 0.133. The molecule has 0 radical (unpaired) electrons. The normalized spacial score (nSPS) is 16.4. The summed E-state index contributed by atoms with van der Waals surface area (Å²) in [5.74, 6) is 1.28. The zero-order valence-corrected chi connectivity index (χ0v) is 11.8. The molecule has 0 unspecified atom stereocenters. The molecule has 3 N–H and O–H groups in total. The monoisotopic (exact) mass is 251 g/mol. The van der Waals surface area contributed by atoms with Crippen LogP contribution in [0.3, 0.4) is 0 Å². The second-order valence-corrected chi connectivity index (χ2v) is 5.23. The average molecular weight is 251 g/mol. The Kier molecular flexibility index (Phi) is 5.17. The van der Waals surface area contributed by atoms with Crippen LogP contribution in [0.2, 0.25) is 0 Å². The minimum atomic E-state index is -0.891. The van der Waals surface area contributed by atoms with E-state index in [1.165, 1.54) is 0 Å². The molecule has 0 bridgehead atoms. The summed E-state index contributed by atoms with van der Waals surface area (Å²) in [7, 11) is 1.63. The third kappa shape index (κ3) is 3.03. The number of ether oxygens (including phenoxy) is 1. The van der Waals surface area contributed by atoms with Gasteiger partial charge in [0, 0.05) is 0 Å². The van der Waals surface area contributed by atoms with Crippen LogP contribution < -0.4 is 10.5 Å². The molecule has 2 atom stereocenters. The Hall–Kier alpha value is -1.06. The molecule has 0 aromatic heterocycles. The molecular formula is C15H25NO2. The zero-order valence-electron chi connectivity index (χ0n) is 11.8. The van der Waals surface area contributed by atoms with Gasteiger partial charge in [-0.25, -0.2) is 0 Å². The van der Waals surface area contributed by atoms with Gasteiger partial charge in [-0.05, 0) is 42.5 Å². The Morgan fingerprint density at radius 2 is 2.00 bits per heavy atom. The summed E-state index contributed by atoms with van der Waals surface area (Å²) >= 11 is 0. The van der Waals surface area contributed by atoms with E-state index in [1.807, 2.05) is 24.3 Å². The highest BCUT2D eigenvalue weighted by molar-refractivity contribution is 5.33. The molecule has 0 amide bonds. The molecule has 0 aliphatic heterocycles. The molecule has 0 heterocycles. The van der Waals surface area contributed by atoms with Crippen molar-refractivity contribution in [2.24, 2.45) is 17.6 Å². The van der Waals surface area contributed by atoms with E-state index < -0.39 is 5.60 Å². The molecule has 0 saturated carbocycles. The van der Waals surface area contributed by atoms with Crippen LogP contribution in [0.5, 0.6) is 5.75 Å². The van der Waals surface area contributed by atoms with Crippen LogP contribution in [0.25, 0.3) is 0 Å². The lowest BCUT2D eigenvalue weighted by Crippen LogP contribution is -2.38. The van der Waals surface area contributed by atoms with E-state index in [-0.39, 0.29) is 5.92 Å². The fraction of sp³-hybridized carbons (Fsp3) is 0.600. The van der Waals surface area contributed by atoms with Crippen LogP contribution in [0.4, 0.5) is 0 Å². The van der Waals surface area contributed by atoms with Crippen LogP contribution >= 0.6 is 0 Å². The minimum Gasteiger partial charge on any atom is -0.497 e. The molecule has 1 aromatic carbocycles. The molecule has 18 heavy (non-hydrogen) atoms. The van der Waals surface area contributed by atoms with Gasteiger partial charge in [-0.15, -0.1) is 0 Å². The van der Waals surface area contributed by atoms with E-state index in [2.05, 4.69) is 20.8 Å². The first kappa shape index (κ1) is 15.0. The van der Waals surface area contributed by atoms with Crippen molar-refractivity contribution in [1.82, 2.24) is 0 Å². The maximum atomic E-state index is 11.0. The standard InChI is InChI=1S/C15H25NO2/c1-11(2)12(3)15(17,8-9-16)13-6-5-7-14(10-13)18-4/h5-7,10-12,17H,8-9,16H2,1-4H3/t12-,15-/m1/s1. The fourth-order valence-corrected chi connectivity index (χ4v) is 2.30. The van der Waals surface area contributed by atoms with Gasteiger partial charge in [-0.2, -0.15) is 0 Å². The van der Waals surface area contributed by atoms with E-state index in [4.69, 9.17) is 10.5 Å². The third-order valence-electron chi connectivity index (χ3n) is 3.85. The van der Waals surface area contributed by atoms with E-state index >= 15 is 0 Å². The summed E-state index contributed by atoms with van der Waals surface area (Å²) in [5, 5.41) is 11.0. The quantitative estimate of drug-likeness (QED) is 0.817. The summed E-state index contributed by atoms with van der Waals surface area (Å²) in [5.41, 5.74) is 5.66. The van der Waals surface area contributed by atoms with E-state index in [0.29, 0.717) is 18.9 Å². The van der Waals surface area contributed by atoms with Crippen molar-refractivity contribution in [2.75, 3.05) is 13.7 Å². The fourth-order valence-electron chi connectivity index (χ4n) is 2.30. The number of hydrogen-bond acceptors (Lipinski definition) is 3. The van der Waals surface area contributed by atoms with E-state index in [0.717, 1.165) is 11.3 Å². The number of rotatable bonds is 6. The number of aliphatic hydroxyl groups is 1. The van der Waals surface area contributed by atoms with Gasteiger partial charge in [0.2, 0.25) is 0 Å². The molecule has 3 nitrogen and oxygen atoms in total. The number of methoxy groups -OCH3 is 1. The van der Waals surface area contributed by atoms with Gasteiger partial charge >= 0.3 is 0 Å². The first-order valence-corrected chi connectivity index (χ1v) is 6.52. The molecule has 0 spiro atoms. The highest BCUT2D eigenvalue weighted by Gasteiger charge is 2.36. The van der Waals surface area contributed by atoms with Crippen LogP contribution in [-0.2, 0) is 5.60 Å². The molecule has 3 heteroatoms. The summed E-state index contributed by atoms with van der Waals surface area (Å²) in [4.78, 5) is 0. The van der Waals surface area contributed by atoms with E-state index in [1.54, 1.807) is 7.11 Å². The predicted molar refractivity (Wildman–Crippen MR) is 74.6 cm³/mol. The average Bonchev–Trinajstić information content (AvgIpc) is 2.38. The Morgan fingerprint density at radius 1 is 1.33 bits per heavy atom. The van der Waals surface area contributed by atoms with Crippen molar-refractivity contribution in [3.05, 3.63) is 29.8 Å². The highest BCUT2D eigenvalue weighted by Crippen LogP contribution is 2.38. The summed E-state index contributed by atoms with van der Waals surface area (Å²) in [6.07, 6.45) is 0.555. The largest absolute Gasteiger partial charge is 0.497 e. The molecule has 102 valence electrons. The Bertz CT molecular complexity index is 379. The van der Waals surface area contributed by atoms with Gasteiger partial charge in [-0.1, -0.05) is 32.9 Å². The summed E-state index contributed by atoms with van der Waals surface area (Å²) < 4.78 is 5.23.